The minimum atomic E-state index is -0.629. The van der Waals surface area contributed by atoms with E-state index in [1.54, 1.807) is 20.8 Å². The van der Waals surface area contributed by atoms with E-state index in [9.17, 15) is 9.59 Å². The summed E-state index contributed by atoms with van der Waals surface area (Å²) >= 11 is 1.35. The summed E-state index contributed by atoms with van der Waals surface area (Å²) in [6.07, 6.45) is -0.629. The Hall–Kier alpha value is -2.65. The van der Waals surface area contributed by atoms with Crippen LogP contribution in [-0.2, 0) is 14.3 Å². The van der Waals surface area contributed by atoms with Gasteiger partial charge in [0.05, 0.1) is 24.3 Å². The van der Waals surface area contributed by atoms with Gasteiger partial charge in [-0.3, -0.25) is 4.79 Å². The highest BCUT2D eigenvalue weighted by atomic mass is 32.1. The van der Waals surface area contributed by atoms with Gasteiger partial charge in [0.25, 0.3) is 0 Å². The molecule has 2 aromatic rings. The van der Waals surface area contributed by atoms with Crippen LogP contribution >= 0.6 is 11.3 Å². The lowest BCUT2D eigenvalue weighted by atomic mass is 9.77. The van der Waals surface area contributed by atoms with Crippen LogP contribution in [0.3, 0.4) is 0 Å². The van der Waals surface area contributed by atoms with E-state index >= 15 is 0 Å². The molecule has 1 aromatic carbocycles. The van der Waals surface area contributed by atoms with Crippen LogP contribution in [-0.4, -0.2) is 55.4 Å². The Kier molecular flexibility index (Phi) is 5.42. The molecule has 160 valence electrons. The van der Waals surface area contributed by atoms with Crippen LogP contribution in [0.4, 0.5) is 15.6 Å². The summed E-state index contributed by atoms with van der Waals surface area (Å²) in [5, 5.41) is 7.54. The van der Waals surface area contributed by atoms with Gasteiger partial charge in [0.15, 0.2) is 5.13 Å². The maximum absolute atomic E-state index is 12.1. The fraction of sp³-hybridized carbons (Fsp3) is 0.476. The average Bonchev–Trinajstić information content (AvgIpc) is 3.05. The molecule has 2 aliphatic heterocycles. The molecular weight excluding hydrogens is 404 g/mol. The van der Waals surface area contributed by atoms with E-state index in [0.717, 1.165) is 37.6 Å². The van der Waals surface area contributed by atoms with E-state index in [2.05, 4.69) is 32.7 Å². The Bertz CT molecular complexity index is 940. The predicted octanol–water partition coefficient (Wildman–Crippen LogP) is 3.11. The number of aromatic nitrogens is 1. The highest BCUT2D eigenvalue weighted by molar-refractivity contribution is 7.14. The lowest BCUT2D eigenvalue weighted by molar-refractivity contribution is -0.127. The van der Waals surface area contributed by atoms with Gasteiger partial charge in [-0.2, -0.15) is 0 Å². The highest BCUT2D eigenvalue weighted by Crippen LogP contribution is 2.41. The largest absolute Gasteiger partial charge is 0.444 e. The Morgan fingerprint density at radius 2 is 2.07 bits per heavy atom. The number of ether oxygens (including phenoxy) is 2. The third-order valence-corrected chi connectivity index (χ3v) is 5.68. The first-order valence-corrected chi connectivity index (χ1v) is 10.7. The molecule has 2 saturated heterocycles. The van der Waals surface area contributed by atoms with Crippen molar-refractivity contribution in [1.82, 2.24) is 10.3 Å². The van der Waals surface area contributed by atoms with E-state index < -0.39 is 11.7 Å². The average molecular weight is 431 g/mol. The fourth-order valence-corrected chi connectivity index (χ4v) is 4.21. The van der Waals surface area contributed by atoms with Gasteiger partial charge in [-0.25, -0.2) is 9.78 Å². The molecule has 3 heterocycles. The lowest BCUT2D eigenvalue weighted by Gasteiger charge is -2.56. The second kappa shape index (κ2) is 7.88. The zero-order valence-corrected chi connectivity index (χ0v) is 18.2. The van der Waals surface area contributed by atoms with Gasteiger partial charge in [0, 0.05) is 29.7 Å². The minimum absolute atomic E-state index is 0.181. The molecular formula is C21H26N4O4S. The molecule has 0 aliphatic carbocycles. The number of nitrogens with zero attached hydrogens (tertiary/aromatic N) is 2. The Balaban J connectivity index is 1.31. The van der Waals surface area contributed by atoms with E-state index in [4.69, 9.17) is 9.47 Å². The molecule has 0 bridgehead atoms. The van der Waals surface area contributed by atoms with Crippen molar-refractivity contribution in [3.8, 4) is 11.3 Å². The van der Waals surface area contributed by atoms with E-state index in [0.29, 0.717) is 10.5 Å². The van der Waals surface area contributed by atoms with Crippen molar-refractivity contribution in [1.29, 1.82) is 0 Å². The van der Waals surface area contributed by atoms with Crippen molar-refractivity contribution < 1.29 is 19.1 Å². The fourth-order valence-electron chi connectivity index (χ4n) is 3.48. The first-order valence-electron chi connectivity index (χ1n) is 9.87. The van der Waals surface area contributed by atoms with Crippen LogP contribution in [0, 0.1) is 5.41 Å². The summed E-state index contributed by atoms with van der Waals surface area (Å²) < 4.78 is 10.5. The molecule has 0 saturated carbocycles. The third-order valence-electron chi connectivity index (χ3n) is 4.92. The van der Waals surface area contributed by atoms with Gasteiger partial charge in [-0.1, -0.05) is 12.1 Å². The van der Waals surface area contributed by atoms with Crippen LogP contribution in [0.2, 0.25) is 0 Å². The molecule has 1 spiro atoms. The number of hydrogen-bond donors (Lipinski definition) is 2. The summed E-state index contributed by atoms with van der Waals surface area (Å²) in [4.78, 5) is 30.6. The van der Waals surface area contributed by atoms with Crippen molar-refractivity contribution in [3.63, 3.8) is 0 Å². The number of benzene rings is 1. The monoisotopic (exact) mass is 430 g/mol. The van der Waals surface area contributed by atoms with E-state index in [1.807, 2.05) is 17.5 Å². The van der Waals surface area contributed by atoms with Crippen molar-refractivity contribution in [2.24, 2.45) is 5.41 Å². The van der Waals surface area contributed by atoms with Gasteiger partial charge < -0.3 is 25.0 Å². The van der Waals surface area contributed by atoms with E-state index in [1.165, 1.54) is 17.0 Å². The van der Waals surface area contributed by atoms with Crippen LogP contribution in [0.5, 0.6) is 0 Å². The number of anilines is 2. The van der Waals surface area contributed by atoms with Gasteiger partial charge in [-0.05, 0) is 32.9 Å². The molecule has 2 amide bonds. The van der Waals surface area contributed by atoms with Crippen molar-refractivity contribution in [3.05, 3.63) is 29.6 Å². The summed E-state index contributed by atoms with van der Waals surface area (Å²) in [7, 11) is 0. The van der Waals surface area contributed by atoms with Crippen molar-refractivity contribution in [2.75, 3.05) is 43.1 Å². The zero-order chi connectivity index (χ0) is 21.4. The van der Waals surface area contributed by atoms with Crippen LogP contribution in [0.25, 0.3) is 11.3 Å². The number of carbonyl (C=O) groups is 2. The molecule has 2 N–H and O–H groups in total. The van der Waals surface area contributed by atoms with Crippen LogP contribution in [0.1, 0.15) is 20.8 Å². The Morgan fingerprint density at radius 3 is 2.73 bits per heavy atom. The molecule has 30 heavy (non-hydrogen) atoms. The quantitative estimate of drug-likeness (QED) is 0.757. The normalized spacial score (nSPS) is 17.1. The molecule has 4 rings (SSSR count). The third kappa shape index (κ3) is 4.73. The first kappa shape index (κ1) is 20.6. The van der Waals surface area contributed by atoms with Gasteiger partial charge in [0.1, 0.15) is 12.1 Å². The van der Waals surface area contributed by atoms with E-state index in [-0.39, 0.29) is 12.5 Å². The number of thiazole rings is 1. The second-order valence-corrected chi connectivity index (χ2v) is 9.70. The van der Waals surface area contributed by atoms with Gasteiger partial charge in [0.2, 0.25) is 5.91 Å². The molecule has 0 radical (unpaired) electrons. The molecule has 1 aromatic heterocycles. The Morgan fingerprint density at radius 1 is 1.30 bits per heavy atom. The molecule has 2 fully saturated rings. The van der Waals surface area contributed by atoms with Crippen LogP contribution < -0.4 is 15.5 Å². The number of amides is 2. The smallest absolute Gasteiger partial charge is 0.408 e. The number of carbonyl (C=O) groups excluding carboxylic acids is 2. The standard InChI is InChI=1S/C21H26N4O4S/c1-20(2,3)29-19(27)22-8-17(26)24-18-23-16(9-30-18)14-5-4-6-15(7-14)25-10-21(11-25)12-28-13-21/h4-7,9H,8,10-13H2,1-3H3,(H,22,27)(H,23,24,26). The lowest BCUT2D eigenvalue weighted by Crippen LogP contribution is -2.66. The summed E-state index contributed by atoms with van der Waals surface area (Å²) in [6, 6.07) is 8.26. The molecule has 2 aliphatic rings. The Labute approximate surface area is 179 Å². The maximum Gasteiger partial charge on any atom is 0.408 e. The summed E-state index contributed by atoms with van der Waals surface area (Å²) in [5.41, 5.74) is 2.73. The van der Waals surface area contributed by atoms with Crippen LogP contribution in [0.15, 0.2) is 29.6 Å². The summed E-state index contributed by atoms with van der Waals surface area (Å²) in [6.45, 7) is 8.89. The molecule has 8 nitrogen and oxygen atoms in total. The predicted molar refractivity (Wildman–Crippen MR) is 116 cm³/mol. The number of alkyl carbamates (subject to hydrolysis) is 1. The maximum atomic E-state index is 12.1. The van der Waals surface area contributed by atoms with Gasteiger partial charge in [-0.15, -0.1) is 11.3 Å². The number of hydrogen-bond acceptors (Lipinski definition) is 7. The molecule has 9 heteroatoms. The SMILES string of the molecule is CC(C)(C)OC(=O)NCC(=O)Nc1nc(-c2cccc(N3CC4(COC4)C3)c2)cs1. The summed E-state index contributed by atoms with van der Waals surface area (Å²) in [5.74, 6) is -0.357. The number of nitrogens with one attached hydrogen (secondary N) is 2. The molecule has 0 unspecified atom stereocenters. The number of rotatable bonds is 5. The van der Waals surface area contributed by atoms with Crippen molar-refractivity contribution >= 4 is 34.2 Å². The highest BCUT2D eigenvalue weighted by Gasteiger charge is 2.49. The topological polar surface area (TPSA) is 92.8 Å². The first-order chi connectivity index (χ1) is 14.2. The zero-order valence-electron chi connectivity index (χ0n) is 17.4. The minimum Gasteiger partial charge on any atom is -0.444 e. The second-order valence-electron chi connectivity index (χ2n) is 8.84. The van der Waals surface area contributed by atoms with Crippen molar-refractivity contribution in [2.45, 2.75) is 26.4 Å². The molecule has 0 atom stereocenters. The van der Waals surface area contributed by atoms with Gasteiger partial charge >= 0.3 is 6.09 Å².